The first-order valence-corrected chi connectivity index (χ1v) is 6.79. The lowest BCUT2D eigenvalue weighted by Crippen LogP contribution is -2.62. The third kappa shape index (κ3) is 5.81. The maximum Gasteiger partial charge on any atom is 0.270 e. The zero-order valence-corrected chi connectivity index (χ0v) is 14.6. The van der Waals surface area contributed by atoms with Crippen molar-refractivity contribution in [2.75, 3.05) is 0 Å². The number of pyridine rings is 1. The molecular formula is C15H25Cl2N3O. The summed E-state index contributed by atoms with van der Waals surface area (Å²) in [5.41, 5.74) is 0.546. The zero-order valence-electron chi connectivity index (χ0n) is 13.0. The van der Waals surface area contributed by atoms with Gasteiger partial charge < -0.3 is 10.6 Å². The van der Waals surface area contributed by atoms with Gasteiger partial charge >= 0.3 is 0 Å². The van der Waals surface area contributed by atoms with E-state index in [-0.39, 0.29) is 47.8 Å². The molecule has 2 rings (SSSR count). The molecule has 2 N–H and O–H groups in total. The number of nitrogens with zero attached hydrogens (tertiary/aromatic N) is 1. The van der Waals surface area contributed by atoms with Crippen molar-refractivity contribution in [2.24, 2.45) is 0 Å². The molecule has 0 bridgehead atoms. The average Bonchev–Trinajstić information content (AvgIpc) is 2.25. The number of piperidine rings is 1. The topological polar surface area (TPSA) is 54.0 Å². The first kappa shape index (κ1) is 20.2. The molecule has 0 unspecified atom stereocenters. The summed E-state index contributed by atoms with van der Waals surface area (Å²) in [4.78, 5) is 16.2. The minimum Gasteiger partial charge on any atom is -0.348 e. The summed E-state index contributed by atoms with van der Waals surface area (Å²) in [5, 5.41) is 6.71. The zero-order chi connectivity index (χ0) is 14.1. The number of nitrogens with one attached hydrogen (secondary N) is 2. The molecular weight excluding hydrogens is 309 g/mol. The van der Waals surface area contributed by atoms with Gasteiger partial charge in [0.05, 0.1) is 0 Å². The second-order valence-electron chi connectivity index (χ2n) is 6.69. The van der Waals surface area contributed by atoms with E-state index in [9.17, 15) is 4.79 Å². The first-order chi connectivity index (χ1) is 8.77. The molecule has 6 heteroatoms. The van der Waals surface area contributed by atoms with Gasteiger partial charge in [0.1, 0.15) is 5.69 Å². The number of carbonyl (C=O) groups excluding carboxylic acids is 1. The fraction of sp³-hybridized carbons (Fsp3) is 0.600. The SMILES string of the molecule is CC1(C)CC(NC(=O)c2ccccn2)CC(C)(C)N1.Cl.Cl. The van der Waals surface area contributed by atoms with Gasteiger partial charge in [-0.3, -0.25) is 9.78 Å². The van der Waals surface area contributed by atoms with Crippen molar-refractivity contribution in [3.8, 4) is 0 Å². The summed E-state index contributed by atoms with van der Waals surface area (Å²) in [5.74, 6) is -0.0842. The van der Waals surface area contributed by atoms with Crippen LogP contribution in [0.1, 0.15) is 51.0 Å². The van der Waals surface area contributed by atoms with E-state index in [1.807, 2.05) is 12.1 Å². The van der Waals surface area contributed by atoms with Crippen LogP contribution < -0.4 is 10.6 Å². The van der Waals surface area contributed by atoms with Crippen molar-refractivity contribution in [1.29, 1.82) is 0 Å². The van der Waals surface area contributed by atoms with Crippen LogP contribution in [0.3, 0.4) is 0 Å². The van der Waals surface area contributed by atoms with E-state index >= 15 is 0 Å². The maximum absolute atomic E-state index is 12.1. The maximum atomic E-state index is 12.1. The predicted octanol–water partition coefficient (Wildman–Crippen LogP) is 2.96. The molecule has 1 aromatic rings. The number of hydrogen-bond donors (Lipinski definition) is 2. The Morgan fingerprint density at radius 2 is 1.76 bits per heavy atom. The Kier molecular flexibility index (Phi) is 7.13. The van der Waals surface area contributed by atoms with Crippen LogP contribution >= 0.6 is 24.8 Å². The molecule has 0 spiro atoms. The van der Waals surface area contributed by atoms with Crippen LogP contribution in [0.4, 0.5) is 0 Å². The normalized spacial score (nSPS) is 19.8. The molecule has 0 radical (unpaired) electrons. The minimum atomic E-state index is -0.0842. The second-order valence-corrected chi connectivity index (χ2v) is 6.69. The Labute approximate surface area is 139 Å². The molecule has 0 aromatic carbocycles. The van der Waals surface area contributed by atoms with Crippen LogP contribution in [-0.2, 0) is 0 Å². The van der Waals surface area contributed by atoms with Crippen molar-refractivity contribution < 1.29 is 4.79 Å². The van der Waals surface area contributed by atoms with Crippen LogP contribution in [-0.4, -0.2) is 28.0 Å². The first-order valence-electron chi connectivity index (χ1n) is 6.79. The Morgan fingerprint density at radius 1 is 1.19 bits per heavy atom. The van der Waals surface area contributed by atoms with Gasteiger partial charge in [-0.05, 0) is 52.7 Å². The fourth-order valence-corrected chi connectivity index (χ4v) is 3.18. The van der Waals surface area contributed by atoms with Crippen LogP contribution in [0.2, 0.25) is 0 Å². The smallest absolute Gasteiger partial charge is 0.270 e. The molecule has 1 amide bonds. The van der Waals surface area contributed by atoms with Crippen molar-refractivity contribution in [3.63, 3.8) is 0 Å². The molecule has 1 fully saturated rings. The Bertz CT molecular complexity index is 447. The lowest BCUT2D eigenvalue weighted by atomic mass is 9.79. The number of carbonyl (C=O) groups is 1. The number of hydrogen-bond acceptors (Lipinski definition) is 3. The molecule has 0 atom stereocenters. The second kappa shape index (κ2) is 7.43. The molecule has 2 heterocycles. The van der Waals surface area contributed by atoms with Gasteiger partial charge in [-0.15, -0.1) is 24.8 Å². The molecule has 1 aliphatic heterocycles. The third-order valence-electron chi connectivity index (χ3n) is 3.42. The van der Waals surface area contributed by atoms with E-state index in [1.54, 1.807) is 12.3 Å². The molecule has 0 aliphatic carbocycles. The predicted molar refractivity (Wildman–Crippen MR) is 90.5 cm³/mol. The minimum absolute atomic E-state index is 0. The lowest BCUT2D eigenvalue weighted by molar-refractivity contribution is 0.0868. The van der Waals surface area contributed by atoms with E-state index in [1.165, 1.54) is 0 Å². The van der Waals surface area contributed by atoms with E-state index in [0.717, 1.165) is 12.8 Å². The lowest BCUT2D eigenvalue weighted by Gasteiger charge is -2.46. The standard InChI is InChI=1S/C15H23N3O.2ClH/c1-14(2)9-11(10-15(3,4)18-14)17-13(19)12-7-5-6-8-16-12;;/h5-8,11,18H,9-10H2,1-4H3,(H,17,19);2*1H. The van der Waals surface area contributed by atoms with Crippen LogP contribution in [0.15, 0.2) is 24.4 Å². The van der Waals surface area contributed by atoms with Gasteiger partial charge in [0.15, 0.2) is 0 Å². The van der Waals surface area contributed by atoms with Crippen molar-refractivity contribution in [3.05, 3.63) is 30.1 Å². The van der Waals surface area contributed by atoms with E-state index in [0.29, 0.717) is 5.69 Å². The Balaban J connectivity index is 0.00000200. The van der Waals surface area contributed by atoms with Crippen LogP contribution in [0.5, 0.6) is 0 Å². The van der Waals surface area contributed by atoms with Crippen molar-refractivity contribution in [1.82, 2.24) is 15.6 Å². The van der Waals surface area contributed by atoms with Gasteiger partial charge in [0, 0.05) is 23.3 Å². The fourth-order valence-electron chi connectivity index (χ4n) is 3.18. The highest BCUT2D eigenvalue weighted by Gasteiger charge is 2.38. The van der Waals surface area contributed by atoms with Gasteiger partial charge in [-0.25, -0.2) is 0 Å². The quantitative estimate of drug-likeness (QED) is 0.874. The highest BCUT2D eigenvalue weighted by molar-refractivity contribution is 5.92. The van der Waals surface area contributed by atoms with E-state index < -0.39 is 0 Å². The molecule has 0 saturated carbocycles. The van der Waals surface area contributed by atoms with Crippen LogP contribution in [0, 0.1) is 0 Å². The number of halogens is 2. The average molecular weight is 334 g/mol. The largest absolute Gasteiger partial charge is 0.348 e. The highest BCUT2D eigenvalue weighted by atomic mass is 35.5. The molecule has 4 nitrogen and oxygen atoms in total. The van der Waals surface area contributed by atoms with Gasteiger partial charge in [0.25, 0.3) is 5.91 Å². The van der Waals surface area contributed by atoms with Crippen molar-refractivity contribution in [2.45, 2.75) is 57.7 Å². The van der Waals surface area contributed by atoms with E-state index in [4.69, 9.17) is 0 Å². The summed E-state index contributed by atoms with van der Waals surface area (Å²) in [6.45, 7) is 8.70. The van der Waals surface area contributed by atoms with Gasteiger partial charge in [-0.1, -0.05) is 6.07 Å². The van der Waals surface area contributed by atoms with Gasteiger partial charge in [-0.2, -0.15) is 0 Å². The Morgan fingerprint density at radius 3 is 2.24 bits per heavy atom. The number of amides is 1. The molecule has 120 valence electrons. The monoisotopic (exact) mass is 333 g/mol. The number of rotatable bonds is 2. The molecule has 1 aliphatic rings. The summed E-state index contributed by atoms with van der Waals surface area (Å²) >= 11 is 0. The summed E-state index contributed by atoms with van der Waals surface area (Å²) in [7, 11) is 0. The summed E-state index contributed by atoms with van der Waals surface area (Å²) < 4.78 is 0. The highest BCUT2D eigenvalue weighted by Crippen LogP contribution is 2.28. The van der Waals surface area contributed by atoms with Crippen molar-refractivity contribution >= 4 is 30.7 Å². The summed E-state index contributed by atoms with van der Waals surface area (Å²) in [6.07, 6.45) is 3.50. The van der Waals surface area contributed by atoms with E-state index in [2.05, 4.69) is 43.3 Å². The number of aromatic nitrogens is 1. The van der Waals surface area contributed by atoms with Gasteiger partial charge in [0.2, 0.25) is 0 Å². The molecule has 21 heavy (non-hydrogen) atoms. The molecule has 1 aromatic heterocycles. The summed E-state index contributed by atoms with van der Waals surface area (Å²) in [6, 6.07) is 5.57. The third-order valence-corrected chi connectivity index (χ3v) is 3.42. The molecule has 1 saturated heterocycles. The van der Waals surface area contributed by atoms with Crippen LogP contribution in [0.25, 0.3) is 0 Å². The Hall–Kier alpha value is -0.840.